The monoisotopic (exact) mass is 358 g/mol. The Balaban J connectivity index is 1.90. The minimum atomic E-state index is -3.32. The number of sulfonamides is 1. The highest BCUT2D eigenvalue weighted by atomic mass is 32.2. The van der Waals surface area contributed by atoms with Crippen molar-refractivity contribution >= 4 is 38.6 Å². The Morgan fingerprint density at radius 1 is 1.12 bits per heavy atom. The number of hydrogen-bond donors (Lipinski definition) is 2. The summed E-state index contributed by atoms with van der Waals surface area (Å²) in [6.45, 7) is 2.70. The van der Waals surface area contributed by atoms with E-state index in [2.05, 4.69) is 10.0 Å². The molecule has 0 aliphatic carbocycles. The van der Waals surface area contributed by atoms with E-state index in [9.17, 15) is 8.42 Å². The first-order valence-corrected chi connectivity index (χ1v) is 9.78. The van der Waals surface area contributed by atoms with Crippen LogP contribution in [-0.2, 0) is 16.6 Å². The lowest BCUT2D eigenvalue weighted by Gasteiger charge is -2.01. The van der Waals surface area contributed by atoms with Gasteiger partial charge >= 0.3 is 5.89 Å². The molecule has 0 fully saturated rings. The van der Waals surface area contributed by atoms with Gasteiger partial charge in [-0.3, -0.25) is 4.72 Å². The molecule has 6 nitrogen and oxygen atoms in total. The predicted molar refractivity (Wildman–Crippen MR) is 99.6 cm³/mol. The minimum absolute atomic E-state index is 0.510. The number of fused-ring (bicyclic) bond motifs is 1. The number of nitrogens with one attached hydrogen (secondary N) is 2. The van der Waals surface area contributed by atoms with E-state index in [-0.39, 0.29) is 0 Å². The molecule has 130 valence electrons. The molecule has 0 bridgehead atoms. The number of nitrogens with zero attached hydrogens (tertiary/aromatic N) is 1. The van der Waals surface area contributed by atoms with E-state index in [1.165, 1.54) is 0 Å². The molecule has 0 spiro atoms. The van der Waals surface area contributed by atoms with Crippen LogP contribution in [0.2, 0.25) is 0 Å². The number of oxazole rings is 1. The number of aromatic nitrogens is 1. The van der Waals surface area contributed by atoms with Crippen molar-refractivity contribution in [2.24, 2.45) is 0 Å². The third-order valence-electron chi connectivity index (χ3n) is 3.60. The molecule has 7 heteroatoms. The summed E-state index contributed by atoms with van der Waals surface area (Å²) < 4.78 is 33.2. The zero-order chi connectivity index (χ0) is 17.9. The van der Waals surface area contributed by atoms with Crippen molar-refractivity contribution in [1.29, 1.82) is 0 Å². The summed E-state index contributed by atoms with van der Waals surface area (Å²) in [6.07, 6.45) is 4.79. The van der Waals surface area contributed by atoms with Crippen LogP contribution in [0.3, 0.4) is 0 Å². The molecule has 2 N–H and O–H groups in total. The Bertz CT molecular complexity index is 1010. The predicted octanol–water partition coefficient (Wildman–Crippen LogP) is 3.19. The molecule has 2 aromatic carbocycles. The highest BCUT2D eigenvalue weighted by Gasteiger charge is 2.20. The number of rotatable bonds is 6. The number of aryl methyl sites for hydroxylation is 1. The molecular formula is C18H20N3O3S+. The Hall–Kier alpha value is -2.80. The minimum Gasteiger partial charge on any atom is -0.398 e. The van der Waals surface area contributed by atoms with Crippen LogP contribution in [0.1, 0.15) is 12.8 Å². The van der Waals surface area contributed by atoms with Crippen LogP contribution in [0.4, 0.5) is 11.4 Å². The lowest BCUT2D eigenvalue weighted by molar-refractivity contribution is -0.674. The molecular weight excluding hydrogens is 338 g/mol. The first-order chi connectivity index (χ1) is 12.0. The summed E-state index contributed by atoms with van der Waals surface area (Å²) in [5.41, 5.74) is 3.02. The molecule has 0 amide bonds. The molecule has 3 rings (SSSR count). The Labute approximate surface area is 146 Å². The van der Waals surface area contributed by atoms with Crippen molar-refractivity contribution in [3.63, 3.8) is 0 Å². The maximum Gasteiger partial charge on any atom is 0.375 e. The van der Waals surface area contributed by atoms with Gasteiger partial charge in [0.25, 0.3) is 5.52 Å². The number of para-hydroxylation sites is 1. The summed E-state index contributed by atoms with van der Waals surface area (Å²) in [7, 11) is -3.32. The van der Waals surface area contributed by atoms with Gasteiger partial charge in [-0.2, -0.15) is 4.57 Å². The molecule has 3 aromatic rings. The van der Waals surface area contributed by atoms with Crippen LogP contribution < -0.4 is 14.6 Å². The standard InChI is InChI=1S/C18H19N3O3S/c1-3-21-16-13-15(20-25(2,22)23)9-10-17(16)24-18(21)11-12-19-14-7-5-4-6-8-14/h4-13,20H,3H2,1-2H3/p+1. The fourth-order valence-corrected chi connectivity index (χ4v) is 3.13. The van der Waals surface area contributed by atoms with Gasteiger partial charge in [0, 0.05) is 18.0 Å². The van der Waals surface area contributed by atoms with E-state index in [0.29, 0.717) is 23.7 Å². The van der Waals surface area contributed by atoms with Gasteiger partial charge in [0.15, 0.2) is 0 Å². The smallest absolute Gasteiger partial charge is 0.375 e. The van der Waals surface area contributed by atoms with E-state index in [1.807, 2.05) is 54.1 Å². The zero-order valence-corrected chi connectivity index (χ0v) is 14.9. The molecule has 1 aromatic heterocycles. The summed E-state index contributed by atoms with van der Waals surface area (Å²) in [5.74, 6) is 0.678. The lowest BCUT2D eigenvalue weighted by atomic mass is 10.3. The van der Waals surface area contributed by atoms with E-state index in [1.54, 1.807) is 18.2 Å². The van der Waals surface area contributed by atoms with Crippen molar-refractivity contribution in [2.45, 2.75) is 13.5 Å². The first-order valence-electron chi connectivity index (χ1n) is 7.88. The second-order valence-electron chi connectivity index (χ2n) is 5.58. The Morgan fingerprint density at radius 3 is 2.56 bits per heavy atom. The molecule has 0 aliphatic heterocycles. The van der Waals surface area contributed by atoms with Crippen molar-refractivity contribution in [3.8, 4) is 0 Å². The third kappa shape index (κ3) is 4.19. The fraction of sp³-hybridized carbons (Fsp3) is 0.167. The third-order valence-corrected chi connectivity index (χ3v) is 4.21. The molecule has 0 saturated carbocycles. The zero-order valence-electron chi connectivity index (χ0n) is 14.1. The Kier molecular flexibility index (Phi) is 4.76. The summed E-state index contributed by atoms with van der Waals surface area (Å²) in [6, 6.07) is 15.0. The molecule has 0 unspecified atom stereocenters. The second-order valence-corrected chi connectivity index (χ2v) is 7.33. The van der Waals surface area contributed by atoms with Crippen molar-refractivity contribution in [1.82, 2.24) is 0 Å². The van der Waals surface area contributed by atoms with Gasteiger partial charge in [-0.05, 0) is 31.2 Å². The maximum atomic E-state index is 11.4. The van der Waals surface area contributed by atoms with Crippen molar-refractivity contribution in [3.05, 3.63) is 60.6 Å². The number of benzene rings is 2. The maximum absolute atomic E-state index is 11.4. The average molecular weight is 358 g/mol. The normalized spacial score (nSPS) is 11.9. The van der Waals surface area contributed by atoms with Crippen molar-refractivity contribution < 1.29 is 17.4 Å². The summed E-state index contributed by atoms with van der Waals surface area (Å²) >= 11 is 0. The second kappa shape index (κ2) is 6.98. The van der Waals surface area contributed by atoms with Gasteiger partial charge in [-0.15, -0.1) is 0 Å². The summed E-state index contributed by atoms with van der Waals surface area (Å²) in [5, 5.41) is 3.19. The van der Waals surface area contributed by atoms with Gasteiger partial charge in [0.05, 0.1) is 18.0 Å². The van der Waals surface area contributed by atoms with E-state index >= 15 is 0 Å². The molecule has 1 heterocycles. The quantitative estimate of drug-likeness (QED) is 0.664. The van der Waals surface area contributed by atoms with Crippen LogP contribution in [0.25, 0.3) is 17.2 Å². The molecule has 0 saturated heterocycles. The fourth-order valence-electron chi connectivity index (χ4n) is 2.57. The van der Waals surface area contributed by atoms with Gasteiger partial charge in [-0.1, -0.05) is 18.2 Å². The van der Waals surface area contributed by atoms with Crippen LogP contribution in [-0.4, -0.2) is 14.7 Å². The van der Waals surface area contributed by atoms with Gasteiger partial charge in [0.1, 0.15) is 6.54 Å². The SMILES string of the molecule is CC[n+]1c(/C=C/Nc2ccccc2)oc2ccc(NS(C)(=O)=O)cc21. The van der Waals surface area contributed by atoms with Crippen LogP contribution in [0.5, 0.6) is 0 Å². The van der Waals surface area contributed by atoms with Crippen LogP contribution in [0.15, 0.2) is 59.1 Å². The molecule has 0 aliphatic rings. The highest BCUT2D eigenvalue weighted by Crippen LogP contribution is 2.20. The molecule has 25 heavy (non-hydrogen) atoms. The lowest BCUT2D eigenvalue weighted by Crippen LogP contribution is -2.33. The van der Waals surface area contributed by atoms with Crippen molar-refractivity contribution in [2.75, 3.05) is 16.3 Å². The molecule has 0 radical (unpaired) electrons. The van der Waals surface area contributed by atoms with Gasteiger partial charge in [-0.25, -0.2) is 8.42 Å². The topological polar surface area (TPSA) is 75.2 Å². The number of hydrogen-bond acceptors (Lipinski definition) is 4. The molecule has 0 atom stereocenters. The van der Waals surface area contributed by atoms with E-state index < -0.39 is 10.0 Å². The first kappa shape index (κ1) is 17.0. The van der Waals surface area contributed by atoms with Gasteiger partial charge < -0.3 is 9.73 Å². The van der Waals surface area contributed by atoms with Gasteiger partial charge in [0.2, 0.25) is 15.6 Å². The van der Waals surface area contributed by atoms with Crippen LogP contribution >= 0.6 is 0 Å². The summed E-state index contributed by atoms with van der Waals surface area (Å²) in [4.78, 5) is 0. The Morgan fingerprint density at radius 2 is 1.88 bits per heavy atom. The van der Waals surface area contributed by atoms with E-state index in [4.69, 9.17) is 4.42 Å². The average Bonchev–Trinajstić information content (AvgIpc) is 2.91. The van der Waals surface area contributed by atoms with E-state index in [0.717, 1.165) is 17.5 Å². The largest absolute Gasteiger partial charge is 0.398 e. The number of anilines is 2. The highest BCUT2D eigenvalue weighted by molar-refractivity contribution is 7.92. The van der Waals surface area contributed by atoms with Crippen LogP contribution in [0, 0.1) is 0 Å².